The number of aromatic amines is 1. The molecule has 7 nitrogen and oxygen atoms in total. The Labute approximate surface area is 168 Å². The summed E-state index contributed by atoms with van der Waals surface area (Å²) in [7, 11) is 0. The van der Waals surface area contributed by atoms with Gasteiger partial charge in [0.15, 0.2) is 0 Å². The molecule has 29 heavy (non-hydrogen) atoms. The monoisotopic (exact) mass is 386 g/mol. The summed E-state index contributed by atoms with van der Waals surface area (Å²) in [6.07, 6.45) is 7.66. The molecule has 0 saturated carbocycles. The molecule has 2 saturated heterocycles. The van der Waals surface area contributed by atoms with Gasteiger partial charge < -0.3 is 20.9 Å². The number of nitrogens with zero attached hydrogens (tertiary/aromatic N) is 3. The van der Waals surface area contributed by atoms with Crippen LogP contribution in [-0.2, 0) is 0 Å². The molecule has 2 aromatic heterocycles. The second kappa shape index (κ2) is 6.82. The molecule has 4 heterocycles. The molecule has 2 atom stereocenters. The lowest BCUT2D eigenvalue weighted by atomic mass is 9.95. The van der Waals surface area contributed by atoms with Crippen LogP contribution in [0.1, 0.15) is 41.6 Å². The van der Waals surface area contributed by atoms with Crippen LogP contribution in [0.4, 0.5) is 11.4 Å². The van der Waals surface area contributed by atoms with E-state index in [-0.39, 0.29) is 6.04 Å². The van der Waals surface area contributed by atoms with Gasteiger partial charge in [-0.05, 0) is 56.0 Å². The Balaban J connectivity index is 1.40. The van der Waals surface area contributed by atoms with Crippen molar-refractivity contribution in [3.05, 3.63) is 53.9 Å². The molecular weight excluding hydrogens is 364 g/mol. The van der Waals surface area contributed by atoms with Crippen molar-refractivity contribution in [2.24, 2.45) is 5.73 Å². The van der Waals surface area contributed by atoms with E-state index in [0.29, 0.717) is 23.2 Å². The van der Waals surface area contributed by atoms with Crippen LogP contribution in [0.2, 0.25) is 0 Å². The molecule has 0 spiro atoms. The lowest BCUT2D eigenvalue weighted by Gasteiger charge is -2.41. The van der Waals surface area contributed by atoms with Gasteiger partial charge >= 0.3 is 0 Å². The zero-order valence-corrected chi connectivity index (χ0v) is 15.9. The highest BCUT2D eigenvalue weighted by atomic mass is 16.1. The van der Waals surface area contributed by atoms with Crippen molar-refractivity contribution in [2.45, 2.75) is 43.8 Å². The Hall–Kier alpha value is -3.53. The van der Waals surface area contributed by atoms with E-state index in [1.807, 2.05) is 24.4 Å². The standard InChI is InChI=1S/C22H22N6O/c23-11-13-1-3-15(4-2-13)28-16-5-6-17(28)10-14(9-16)27-20-18-7-8-25-22(18)26-12-19(20)21(24)29/h1-4,7-8,12,14,16-17H,5-6,9-10H2,(H2,24,29)(H2,25,26,27)/t16-,17-/m0/s1. The summed E-state index contributed by atoms with van der Waals surface area (Å²) in [5.41, 5.74) is 9.43. The molecule has 2 aliphatic rings. The van der Waals surface area contributed by atoms with E-state index in [9.17, 15) is 4.79 Å². The number of benzene rings is 1. The number of hydrogen-bond acceptors (Lipinski definition) is 5. The summed E-state index contributed by atoms with van der Waals surface area (Å²) in [4.78, 5) is 21.9. The highest BCUT2D eigenvalue weighted by molar-refractivity contribution is 6.06. The number of fused-ring (bicyclic) bond motifs is 3. The fourth-order valence-electron chi connectivity index (χ4n) is 4.98. The number of H-pyrrole nitrogens is 1. The minimum absolute atomic E-state index is 0.265. The smallest absolute Gasteiger partial charge is 0.252 e. The van der Waals surface area contributed by atoms with Crippen LogP contribution < -0.4 is 16.0 Å². The molecule has 1 aromatic carbocycles. The molecule has 3 aromatic rings. The van der Waals surface area contributed by atoms with Gasteiger partial charge in [-0.3, -0.25) is 4.79 Å². The summed E-state index contributed by atoms with van der Waals surface area (Å²) >= 11 is 0. The summed E-state index contributed by atoms with van der Waals surface area (Å²) < 4.78 is 0. The maximum atomic E-state index is 12.0. The largest absolute Gasteiger partial charge is 0.381 e. The quantitative estimate of drug-likeness (QED) is 0.638. The van der Waals surface area contributed by atoms with Crippen molar-refractivity contribution in [3.63, 3.8) is 0 Å². The molecule has 0 unspecified atom stereocenters. The lowest BCUT2D eigenvalue weighted by Crippen LogP contribution is -2.47. The number of piperidine rings is 1. The van der Waals surface area contributed by atoms with Gasteiger partial charge in [0.25, 0.3) is 5.91 Å². The van der Waals surface area contributed by atoms with Crippen LogP contribution in [0.15, 0.2) is 42.7 Å². The van der Waals surface area contributed by atoms with Crippen LogP contribution >= 0.6 is 0 Å². The molecule has 0 radical (unpaired) electrons. The lowest BCUT2D eigenvalue weighted by molar-refractivity contribution is 0.100. The van der Waals surface area contributed by atoms with Gasteiger partial charge in [0, 0.05) is 41.6 Å². The second-order valence-electron chi connectivity index (χ2n) is 7.91. The first kappa shape index (κ1) is 17.6. The topological polar surface area (TPSA) is 111 Å². The fourth-order valence-corrected chi connectivity index (χ4v) is 4.98. The summed E-state index contributed by atoms with van der Waals surface area (Å²) in [6, 6.07) is 13.1. The van der Waals surface area contributed by atoms with Crippen molar-refractivity contribution < 1.29 is 4.79 Å². The van der Waals surface area contributed by atoms with Crippen LogP contribution in [-0.4, -0.2) is 34.0 Å². The zero-order chi connectivity index (χ0) is 20.0. The van der Waals surface area contributed by atoms with Gasteiger partial charge in [-0.1, -0.05) is 0 Å². The number of amides is 1. The number of anilines is 2. The average molecular weight is 386 g/mol. The molecule has 1 amide bonds. The molecule has 2 aliphatic heterocycles. The van der Waals surface area contributed by atoms with E-state index in [1.165, 1.54) is 5.69 Å². The molecule has 5 rings (SSSR count). The maximum Gasteiger partial charge on any atom is 0.252 e. The fraction of sp³-hybridized carbons (Fsp3) is 0.318. The number of nitrogens with one attached hydrogen (secondary N) is 2. The van der Waals surface area contributed by atoms with Gasteiger partial charge in [0.2, 0.25) is 0 Å². The Morgan fingerprint density at radius 3 is 2.59 bits per heavy atom. The molecule has 146 valence electrons. The van der Waals surface area contributed by atoms with Crippen molar-refractivity contribution in [1.82, 2.24) is 9.97 Å². The number of pyridine rings is 1. The third-order valence-electron chi connectivity index (χ3n) is 6.23. The molecular formula is C22H22N6O. The second-order valence-corrected chi connectivity index (χ2v) is 7.91. The number of nitrogens with two attached hydrogens (primary N) is 1. The highest BCUT2D eigenvalue weighted by Gasteiger charge is 2.41. The Morgan fingerprint density at radius 1 is 1.21 bits per heavy atom. The normalized spacial score (nSPS) is 23.1. The number of rotatable bonds is 4. The van der Waals surface area contributed by atoms with Crippen molar-refractivity contribution in [3.8, 4) is 6.07 Å². The first-order valence-electron chi connectivity index (χ1n) is 9.95. The molecule has 0 aliphatic carbocycles. The number of carbonyl (C=O) groups is 1. The summed E-state index contributed by atoms with van der Waals surface area (Å²) in [5, 5.41) is 13.6. The van der Waals surface area contributed by atoms with Crippen molar-refractivity contribution in [1.29, 1.82) is 5.26 Å². The number of nitriles is 1. The zero-order valence-electron chi connectivity index (χ0n) is 15.9. The number of hydrogen-bond donors (Lipinski definition) is 3. The average Bonchev–Trinajstić information content (AvgIpc) is 3.31. The van der Waals surface area contributed by atoms with Gasteiger partial charge in [0.1, 0.15) is 5.65 Å². The van der Waals surface area contributed by atoms with Crippen molar-refractivity contribution in [2.75, 3.05) is 10.2 Å². The van der Waals surface area contributed by atoms with E-state index in [2.05, 4.69) is 38.4 Å². The van der Waals surface area contributed by atoms with E-state index < -0.39 is 5.91 Å². The van der Waals surface area contributed by atoms with Crippen LogP contribution in [0.25, 0.3) is 11.0 Å². The first-order chi connectivity index (χ1) is 14.1. The first-order valence-corrected chi connectivity index (χ1v) is 9.95. The number of aromatic nitrogens is 2. The molecule has 4 N–H and O–H groups in total. The number of carbonyl (C=O) groups excluding carboxylic acids is 1. The third kappa shape index (κ3) is 2.97. The Bertz CT molecular complexity index is 1100. The summed E-state index contributed by atoms with van der Waals surface area (Å²) in [5.74, 6) is -0.471. The SMILES string of the molecule is N#Cc1ccc(N2[C@H]3CC[C@H]2CC(Nc2c(C(N)=O)cnc4[nH]ccc24)C3)cc1. The number of primary amides is 1. The van der Waals surface area contributed by atoms with Gasteiger partial charge in [-0.2, -0.15) is 5.26 Å². The molecule has 2 fully saturated rings. The minimum Gasteiger partial charge on any atom is -0.381 e. The van der Waals surface area contributed by atoms with Gasteiger partial charge in [-0.25, -0.2) is 4.98 Å². The summed E-state index contributed by atoms with van der Waals surface area (Å²) in [6.45, 7) is 0. The predicted octanol–water partition coefficient (Wildman–Crippen LogP) is 3.15. The minimum atomic E-state index is -0.471. The van der Waals surface area contributed by atoms with E-state index in [0.717, 1.165) is 42.4 Å². The maximum absolute atomic E-state index is 12.0. The van der Waals surface area contributed by atoms with E-state index >= 15 is 0 Å². The Morgan fingerprint density at radius 2 is 1.93 bits per heavy atom. The van der Waals surface area contributed by atoms with Gasteiger partial charge in [0.05, 0.1) is 22.9 Å². The van der Waals surface area contributed by atoms with Crippen LogP contribution in [0.3, 0.4) is 0 Å². The van der Waals surface area contributed by atoms with E-state index in [1.54, 1.807) is 6.20 Å². The third-order valence-corrected chi connectivity index (χ3v) is 6.23. The van der Waals surface area contributed by atoms with Crippen LogP contribution in [0, 0.1) is 11.3 Å². The Kier molecular flexibility index (Phi) is 4.13. The van der Waals surface area contributed by atoms with Crippen LogP contribution in [0.5, 0.6) is 0 Å². The van der Waals surface area contributed by atoms with E-state index in [4.69, 9.17) is 11.0 Å². The highest BCUT2D eigenvalue weighted by Crippen LogP contribution is 2.41. The molecule has 7 heteroatoms. The predicted molar refractivity (Wildman–Crippen MR) is 112 cm³/mol. The van der Waals surface area contributed by atoms with Gasteiger partial charge in [-0.15, -0.1) is 0 Å². The van der Waals surface area contributed by atoms with Crippen molar-refractivity contribution >= 4 is 28.3 Å². The molecule has 2 bridgehead atoms.